The van der Waals surface area contributed by atoms with Gasteiger partial charge in [-0.15, -0.1) is 0 Å². The standard InChI is InChI=1S/C13H22N4O/c1-3-10-5-4-7-17(8-6-10)13(18)12-11(14)9(2)15-16-12/h10H,3-8,14H2,1-2H3,(H,15,16). The molecule has 1 unspecified atom stereocenters. The number of anilines is 1. The van der Waals surface area contributed by atoms with Crippen LogP contribution in [0.3, 0.4) is 0 Å². The summed E-state index contributed by atoms with van der Waals surface area (Å²) in [6.45, 7) is 5.69. The molecule has 1 aromatic rings. The number of hydrogen-bond donors (Lipinski definition) is 2. The summed E-state index contributed by atoms with van der Waals surface area (Å²) in [6, 6.07) is 0. The fourth-order valence-electron chi connectivity index (χ4n) is 2.53. The Hall–Kier alpha value is -1.52. The van der Waals surface area contributed by atoms with Gasteiger partial charge in [0.25, 0.3) is 5.91 Å². The van der Waals surface area contributed by atoms with E-state index in [0.29, 0.717) is 11.4 Å². The average Bonchev–Trinajstić information content (AvgIpc) is 2.60. The number of amides is 1. The first kappa shape index (κ1) is 12.9. The van der Waals surface area contributed by atoms with Crippen molar-refractivity contribution < 1.29 is 4.79 Å². The fourth-order valence-corrected chi connectivity index (χ4v) is 2.53. The molecule has 2 heterocycles. The van der Waals surface area contributed by atoms with Crippen molar-refractivity contribution in [2.45, 2.75) is 39.5 Å². The number of likely N-dealkylation sites (tertiary alicyclic amines) is 1. The van der Waals surface area contributed by atoms with Crippen molar-refractivity contribution in [3.8, 4) is 0 Å². The lowest BCUT2D eigenvalue weighted by atomic mass is 9.98. The van der Waals surface area contributed by atoms with Gasteiger partial charge < -0.3 is 10.6 Å². The minimum atomic E-state index is -0.0337. The van der Waals surface area contributed by atoms with E-state index >= 15 is 0 Å². The van der Waals surface area contributed by atoms with E-state index < -0.39 is 0 Å². The summed E-state index contributed by atoms with van der Waals surface area (Å²) in [5, 5.41) is 6.79. The molecular formula is C13H22N4O. The number of aromatic amines is 1. The van der Waals surface area contributed by atoms with E-state index in [-0.39, 0.29) is 5.91 Å². The predicted octanol–water partition coefficient (Wildman–Crippen LogP) is 1.95. The number of H-pyrrole nitrogens is 1. The van der Waals surface area contributed by atoms with Gasteiger partial charge in [0.2, 0.25) is 0 Å². The molecule has 1 amide bonds. The van der Waals surface area contributed by atoms with Gasteiger partial charge in [0.15, 0.2) is 5.69 Å². The van der Waals surface area contributed by atoms with Crippen molar-refractivity contribution in [2.24, 2.45) is 5.92 Å². The summed E-state index contributed by atoms with van der Waals surface area (Å²) in [5.74, 6) is 0.717. The number of aryl methyl sites for hydroxylation is 1. The lowest BCUT2D eigenvalue weighted by molar-refractivity contribution is 0.0755. The highest BCUT2D eigenvalue weighted by Crippen LogP contribution is 2.22. The second-order valence-electron chi connectivity index (χ2n) is 5.11. The summed E-state index contributed by atoms with van der Waals surface area (Å²) in [7, 11) is 0. The van der Waals surface area contributed by atoms with Crippen LogP contribution >= 0.6 is 0 Å². The van der Waals surface area contributed by atoms with Gasteiger partial charge in [-0.2, -0.15) is 5.10 Å². The molecule has 2 rings (SSSR count). The first-order valence-corrected chi connectivity index (χ1v) is 6.73. The van der Waals surface area contributed by atoms with Crippen LogP contribution in [0, 0.1) is 12.8 Å². The van der Waals surface area contributed by atoms with Crippen molar-refractivity contribution in [3.63, 3.8) is 0 Å². The van der Waals surface area contributed by atoms with Crippen molar-refractivity contribution in [1.29, 1.82) is 0 Å². The highest BCUT2D eigenvalue weighted by Gasteiger charge is 2.24. The third kappa shape index (κ3) is 2.49. The molecule has 1 aromatic heterocycles. The number of carbonyl (C=O) groups is 1. The lowest BCUT2D eigenvalue weighted by Crippen LogP contribution is -2.32. The van der Waals surface area contributed by atoms with E-state index in [0.717, 1.165) is 37.5 Å². The summed E-state index contributed by atoms with van der Waals surface area (Å²) in [5.41, 5.74) is 7.48. The maximum Gasteiger partial charge on any atom is 0.276 e. The zero-order valence-corrected chi connectivity index (χ0v) is 11.2. The molecule has 100 valence electrons. The van der Waals surface area contributed by atoms with Gasteiger partial charge in [-0.1, -0.05) is 13.3 Å². The molecule has 3 N–H and O–H groups in total. The van der Waals surface area contributed by atoms with Crippen LogP contribution in [-0.2, 0) is 0 Å². The molecular weight excluding hydrogens is 228 g/mol. The Bertz CT molecular complexity index is 427. The van der Waals surface area contributed by atoms with Gasteiger partial charge in [-0.05, 0) is 32.1 Å². The largest absolute Gasteiger partial charge is 0.395 e. The second kappa shape index (κ2) is 5.42. The average molecular weight is 250 g/mol. The first-order valence-electron chi connectivity index (χ1n) is 6.73. The summed E-state index contributed by atoms with van der Waals surface area (Å²) >= 11 is 0. The molecule has 0 spiro atoms. The van der Waals surface area contributed by atoms with E-state index in [2.05, 4.69) is 17.1 Å². The first-order chi connectivity index (χ1) is 8.63. The van der Waals surface area contributed by atoms with Gasteiger partial charge in [-0.25, -0.2) is 0 Å². The Morgan fingerprint density at radius 3 is 2.89 bits per heavy atom. The lowest BCUT2D eigenvalue weighted by Gasteiger charge is -2.19. The number of carbonyl (C=O) groups excluding carboxylic acids is 1. The Morgan fingerprint density at radius 2 is 2.28 bits per heavy atom. The smallest absolute Gasteiger partial charge is 0.276 e. The van der Waals surface area contributed by atoms with Gasteiger partial charge in [0.05, 0.1) is 11.4 Å². The molecule has 1 atom stereocenters. The molecule has 1 aliphatic rings. The Labute approximate surface area is 108 Å². The van der Waals surface area contributed by atoms with Gasteiger partial charge in [-0.3, -0.25) is 9.89 Å². The molecule has 1 saturated heterocycles. The van der Waals surface area contributed by atoms with Crippen LogP contribution in [0.25, 0.3) is 0 Å². The quantitative estimate of drug-likeness (QED) is 0.842. The summed E-state index contributed by atoms with van der Waals surface area (Å²) < 4.78 is 0. The summed E-state index contributed by atoms with van der Waals surface area (Å²) in [6.07, 6.45) is 4.58. The Kier molecular flexibility index (Phi) is 3.89. The minimum absolute atomic E-state index is 0.0337. The maximum atomic E-state index is 12.3. The number of hydrogen-bond acceptors (Lipinski definition) is 3. The van der Waals surface area contributed by atoms with Crippen LogP contribution in [0.4, 0.5) is 5.69 Å². The van der Waals surface area contributed by atoms with Crippen LogP contribution < -0.4 is 5.73 Å². The number of nitrogens with zero attached hydrogens (tertiary/aromatic N) is 2. The van der Waals surface area contributed by atoms with Crippen LogP contribution in [0.1, 0.15) is 48.8 Å². The molecule has 5 heteroatoms. The zero-order valence-electron chi connectivity index (χ0n) is 11.2. The van der Waals surface area contributed by atoms with E-state index in [1.807, 2.05) is 11.8 Å². The number of aromatic nitrogens is 2. The zero-order chi connectivity index (χ0) is 13.1. The topological polar surface area (TPSA) is 75.0 Å². The van der Waals surface area contributed by atoms with Crippen molar-refractivity contribution in [1.82, 2.24) is 15.1 Å². The normalized spacial score (nSPS) is 20.8. The predicted molar refractivity (Wildman–Crippen MR) is 71.3 cm³/mol. The third-order valence-corrected chi connectivity index (χ3v) is 3.91. The highest BCUT2D eigenvalue weighted by atomic mass is 16.2. The van der Waals surface area contributed by atoms with Gasteiger partial charge >= 0.3 is 0 Å². The molecule has 5 nitrogen and oxygen atoms in total. The SMILES string of the molecule is CCC1CCCN(C(=O)c2n[nH]c(C)c2N)CC1. The maximum absolute atomic E-state index is 12.3. The fraction of sp³-hybridized carbons (Fsp3) is 0.692. The van der Waals surface area contributed by atoms with Gasteiger partial charge in [0, 0.05) is 13.1 Å². The molecule has 0 bridgehead atoms. The van der Waals surface area contributed by atoms with Crippen LogP contribution in [0.15, 0.2) is 0 Å². The monoisotopic (exact) mass is 250 g/mol. The van der Waals surface area contributed by atoms with E-state index in [9.17, 15) is 4.79 Å². The van der Waals surface area contributed by atoms with Gasteiger partial charge in [0.1, 0.15) is 0 Å². The van der Waals surface area contributed by atoms with Crippen LogP contribution in [-0.4, -0.2) is 34.1 Å². The molecule has 0 radical (unpaired) electrons. The number of nitrogens with one attached hydrogen (secondary N) is 1. The van der Waals surface area contributed by atoms with Crippen molar-refractivity contribution in [3.05, 3.63) is 11.4 Å². The molecule has 1 fully saturated rings. The highest BCUT2D eigenvalue weighted by molar-refractivity contribution is 5.97. The number of nitrogen functional groups attached to an aromatic ring is 1. The molecule has 1 aliphatic heterocycles. The number of rotatable bonds is 2. The third-order valence-electron chi connectivity index (χ3n) is 3.91. The number of nitrogens with two attached hydrogens (primary N) is 1. The molecule has 18 heavy (non-hydrogen) atoms. The molecule has 0 aromatic carbocycles. The minimum Gasteiger partial charge on any atom is -0.395 e. The van der Waals surface area contributed by atoms with Crippen LogP contribution in [0.2, 0.25) is 0 Å². The van der Waals surface area contributed by atoms with Crippen molar-refractivity contribution >= 4 is 11.6 Å². The van der Waals surface area contributed by atoms with Crippen LogP contribution in [0.5, 0.6) is 0 Å². The van der Waals surface area contributed by atoms with E-state index in [1.165, 1.54) is 12.8 Å². The Morgan fingerprint density at radius 1 is 1.50 bits per heavy atom. The molecule has 0 aliphatic carbocycles. The second-order valence-corrected chi connectivity index (χ2v) is 5.11. The van der Waals surface area contributed by atoms with E-state index in [4.69, 9.17) is 5.73 Å². The Balaban J connectivity index is 2.07. The van der Waals surface area contributed by atoms with Crippen molar-refractivity contribution in [2.75, 3.05) is 18.8 Å². The van der Waals surface area contributed by atoms with E-state index in [1.54, 1.807) is 0 Å². The summed E-state index contributed by atoms with van der Waals surface area (Å²) in [4.78, 5) is 14.2. The molecule has 0 saturated carbocycles.